The van der Waals surface area contributed by atoms with Crippen molar-refractivity contribution in [3.8, 4) is 0 Å². The van der Waals surface area contributed by atoms with Gasteiger partial charge in [-0.15, -0.1) is 0 Å². The van der Waals surface area contributed by atoms with Crippen LogP contribution >= 0.6 is 0 Å². The molecule has 0 saturated heterocycles. The molecular weight excluding hydrogens is 280 g/mol. The van der Waals surface area contributed by atoms with E-state index in [1.807, 2.05) is 0 Å². The predicted molar refractivity (Wildman–Crippen MR) is 48.3 cm³/mol. The Bertz CT molecular complexity index is 284. The fourth-order valence-electron chi connectivity index (χ4n) is 0.376. The Morgan fingerprint density at radius 2 is 1.17 bits per heavy atom. The molecule has 0 aliphatic carbocycles. The Kier molecular flexibility index (Phi) is 160. The van der Waals surface area contributed by atoms with Gasteiger partial charge in [0, 0.05) is 29.8 Å². The number of nitrogens with two attached hydrogens (primary N) is 1. The van der Waals surface area contributed by atoms with Crippen molar-refractivity contribution in [3.63, 3.8) is 0 Å². The number of aromatic nitrogens is 1. The number of hydrogen-bond donors (Lipinski definition) is 1. The second-order valence-electron chi connectivity index (χ2n) is 1.29. The number of nitrogens with zero attached hydrogens (tertiary/aromatic N) is 1. The van der Waals surface area contributed by atoms with E-state index in [1.165, 1.54) is 0 Å². The molecule has 2 N–H and O–H groups in total. The number of pyridine rings is 1. The van der Waals surface area contributed by atoms with Gasteiger partial charge in [0.25, 0.3) is 0 Å². The maximum Gasteiger partial charge on any atom is 0 e. The molecule has 0 radical (unpaired) electrons. The standard InChI is InChI=1S/C5H6N2.5CO.Cr/c6-5-2-1-3-7-4-5;5*1-2;/h1-4H,6H2;;;;;;. The van der Waals surface area contributed by atoms with E-state index in [-0.39, 0.29) is 17.4 Å². The summed E-state index contributed by atoms with van der Waals surface area (Å²) in [5.41, 5.74) is 6.01. The Balaban J connectivity index is -0.0000000285. The van der Waals surface area contributed by atoms with Gasteiger partial charge in [0.15, 0.2) is 0 Å². The Morgan fingerprint density at radius 3 is 1.28 bits per heavy atom. The van der Waals surface area contributed by atoms with Crippen LogP contribution in [0.4, 0.5) is 5.69 Å². The molecule has 1 rings (SSSR count). The van der Waals surface area contributed by atoms with Crippen molar-refractivity contribution in [2.45, 2.75) is 0 Å². The maximum atomic E-state index is 7.50. The smallest absolute Gasteiger partial charge is 0 e. The van der Waals surface area contributed by atoms with E-state index in [4.69, 9.17) is 29.0 Å². The molecular formula is C10H6CrN2O5. The van der Waals surface area contributed by atoms with Crippen molar-refractivity contribution in [1.29, 1.82) is 0 Å². The molecule has 0 saturated carbocycles. The minimum atomic E-state index is 0. The van der Waals surface area contributed by atoms with Gasteiger partial charge >= 0.3 is 56.5 Å². The van der Waals surface area contributed by atoms with Gasteiger partial charge in [-0.1, -0.05) is 0 Å². The van der Waals surface area contributed by atoms with Crippen LogP contribution in [0.2, 0.25) is 0 Å². The predicted octanol–water partition coefficient (Wildman–Crippen LogP) is 0.474. The Morgan fingerprint density at radius 1 is 0.833 bits per heavy atom. The van der Waals surface area contributed by atoms with Gasteiger partial charge in [0.05, 0.1) is 5.69 Å². The second kappa shape index (κ2) is 79.9. The van der Waals surface area contributed by atoms with E-state index in [2.05, 4.69) is 38.2 Å². The van der Waals surface area contributed by atoms with Crippen LogP contribution in [0.15, 0.2) is 24.5 Å². The molecule has 0 aliphatic heterocycles. The molecule has 0 fully saturated rings. The summed E-state index contributed by atoms with van der Waals surface area (Å²) in [7, 11) is 0. The number of nitrogen functional groups attached to an aromatic ring is 1. The molecule has 7 nitrogen and oxygen atoms in total. The quantitative estimate of drug-likeness (QED) is 0.547. The summed E-state index contributed by atoms with van der Waals surface area (Å²) in [4.78, 5) is 3.76. The monoisotopic (exact) mass is 286 g/mol. The van der Waals surface area contributed by atoms with Gasteiger partial charge in [0.1, 0.15) is 0 Å². The van der Waals surface area contributed by atoms with Gasteiger partial charge in [-0.25, -0.2) is 0 Å². The summed E-state index contributed by atoms with van der Waals surface area (Å²) >= 11 is 0. The van der Waals surface area contributed by atoms with Crippen LogP contribution in [-0.2, 0) is 40.6 Å². The van der Waals surface area contributed by atoms with E-state index in [1.54, 1.807) is 24.5 Å². The molecule has 1 aromatic heterocycles. The second-order valence-corrected chi connectivity index (χ2v) is 1.29. The van der Waals surface area contributed by atoms with E-state index >= 15 is 0 Å². The van der Waals surface area contributed by atoms with Gasteiger partial charge in [0.2, 0.25) is 0 Å². The normalized spacial score (nSPS) is 3.89. The summed E-state index contributed by atoms with van der Waals surface area (Å²) in [5.74, 6) is 0. The first kappa shape index (κ1) is 36.0. The first-order valence-electron chi connectivity index (χ1n) is 3.07. The average Bonchev–Trinajstić information content (AvgIpc) is 2.50. The molecule has 0 atom stereocenters. The zero-order chi connectivity index (χ0) is 15.1. The number of anilines is 1. The third-order valence-corrected chi connectivity index (χ3v) is 0.684. The zero-order valence-corrected chi connectivity index (χ0v) is 10.1. The van der Waals surface area contributed by atoms with E-state index in [0.717, 1.165) is 0 Å². The fourth-order valence-corrected chi connectivity index (χ4v) is 0.376. The van der Waals surface area contributed by atoms with Gasteiger partial charge in [-0.3, -0.25) is 4.98 Å². The van der Waals surface area contributed by atoms with E-state index < -0.39 is 0 Å². The maximum absolute atomic E-state index is 7.50. The molecule has 0 aliphatic rings. The fraction of sp³-hybridized carbons (Fsp3) is 0. The van der Waals surface area contributed by atoms with Gasteiger partial charge in [-0.05, 0) is 12.1 Å². The first-order valence-corrected chi connectivity index (χ1v) is 3.07. The van der Waals surface area contributed by atoms with Crippen molar-refractivity contribution in [1.82, 2.24) is 4.98 Å². The van der Waals surface area contributed by atoms with Crippen LogP contribution in [0.3, 0.4) is 0 Å². The molecule has 1 heterocycles. The minimum absolute atomic E-state index is 0. The van der Waals surface area contributed by atoms with Crippen LogP contribution < -0.4 is 5.73 Å². The molecule has 18 heavy (non-hydrogen) atoms. The molecule has 0 unspecified atom stereocenters. The molecule has 0 bridgehead atoms. The molecule has 8 heteroatoms. The molecule has 0 aromatic carbocycles. The molecule has 0 amide bonds. The van der Waals surface area contributed by atoms with E-state index in [9.17, 15) is 0 Å². The van der Waals surface area contributed by atoms with Crippen LogP contribution in [0.1, 0.15) is 0 Å². The number of hydrogen-bond acceptors (Lipinski definition) is 2. The van der Waals surface area contributed by atoms with E-state index in [0.29, 0.717) is 5.69 Å². The largest absolute Gasteiger partial charge is 0 e. The van der Waals surface area contributed by atoms with Crippen LogP contribution in [0.5, 0.6) is 0 Å². The molecule has 1 aromatic rings. The summed E-state index contributed by atoms with van der Waals surface area (Å²) in [6, 6.07) is 3.60. The Hall–Kier alpha value is -1.82. The summed E-state index contributed by atoms with van der Waals surface area (Å²) in [6.07, 6.45) is 3.30. The zero-order valence-electron chi connectivity index (χ0n) is 8.78. The summed E-state index contributed by atoms with van der Waals surface area (Å²) in [5, 5.41) is 0. The van der Waals surface area contributed by atoms with Crippen molar-refractivity contribution in [2.24, 2.45) is 0 Å². The average molecular weight is 286 g/mol. The van der Waals surface area contributed by atoms with Crippen LogP contribution in [0, 0.1) is 33.3 Å². The van der Waals surface area contributed by atoms with Gasteiger partial charge < -0.3 is 5.73 Å². The number of rotatable bonds is 0. The topological polar surface area (TPSA) is 138 Å². The summed E-state index contributed by atoms with van der Waals surface area (Å²) in [6.45, 7) is 22.5. The Labute approximate surface area is 115 Å². The SMILES string of the molecule is Nc1cccnc1.[C-]#[O+].[C-]#[O+].[C-]#[O+].[C-]#[O+].[C-]#[O+].[Cr]. The molecule has 92 valence electrons. The summed E-state index contributed by atoms with van der Waals surface area (Å²) < 4.78 is 37.5. The molecule has 0 spiro atoms. The minimum Gasteiger partial charge on any atom is 0 e. The van der Waals surface area contributed by atoms with Crippen LogP contribution in [0.25, 0.3) is 0 Å². The third kappa shape index (κ3) is 64.5. The first-order chi connectivity index (χ1) is 8.39. The van der Waals surface area contributed by atoms with Crippen molar-refractivity contribution in [3.05, 3.63) is 57.8 Å². The van der Waals surface area contributed by atoms with Crippen molar-refractivity contribution in [2.75, 3.05) is 5.73 Å². The van der Waals surface area contributed by atoms with Crippen molar-refractivity contribution < 1.29 is 40.6 Å². The third-order valence-electron chi connectivity index (χ3n) is 0.684. The van der Waals surface area contributed by atoms with Crippen LogP contribution in [-0.4, -0.2) is 4.98 Å². The van der Waals surface area contributed by atoms with Gasteiger partial charge in [-0.2, -0.15) is 0 Å². The van der Waals surface area contributed by atoms with Crippen molar-refractivity contribution >= 4 is 5.69 Å².